The van der Waals surface area contributed by atoms with Crippen LogP contribution in [0.5, 0.6) is 0 Å². The summed E-state index contributed by atoms with van der Waals surface area (Å²) in [7, 11) is 0. The summed E-state index contributed by atoms with van der Waals surface area (Å²) in [6, 6.07) is 11.3. The van der Waals surface area contributed by atoms with E-state index in [4.69, 9.17) is 4.74 Å². The molecule has 3 saturated heterocycles. The molecular formula is C21H30N2O3. The largest absolute Gasteiger partial charge is 0.393 e. The van der Waals surface area contributed by atoms with Gasteiger partial charge in [-0.15, -0.1) is 0 Å². The van der Waals surface area contributed by atoms with E-state index >= 15 is 0 Å². The van der Waals surface area contributed by atoms with Gasteiger partial charge in [-0.25, -0.2) is 0 Å². The number of benzene rings is 1. The number of likely N-dealkylation sites (tertiary alicyclic amines) is 2. The van der Waals surface area contributed by atoms with Gasteiger partial charge in [-0.05, 0) is 24.8 Å². The second kappa shape index (κ2) is 7.67. The van der Waals surface area contributed by atoms with Crippen molar-refractivity contribution in [3.05, 3.63) is 35.9 Å². The van der Waals surface area contributed by atoms with Crippen LogP contribution >= 0.6 is 0 Å². The summed E-state index contributed by atoms with van der Waals surface area (Å²) in [5.41, 5.74) is 1.31. The Labute approximate surface area is 155 Å². The van der Waals surface area contributed by atoms with Gasteiger partial charge < -0.3 is 14.7 Å². The fourth-order valence-electron chi connectivity index (χ4n) is 5.27. The molecule has 0 unspecified atom stereocenters. The molecule has 142 valence electrons. The molecule has 0 aromatic heterocycles. The topological polar surface area (TPSA) is 53.0 Å². The Morgan fingerprint density at radius 3 is 2.54 bits per heavy atom. The minimum Gasteiger partial charge on any atom is -0.393 e. The molecule has 5 heteroatoms. The number of ether oxygens (including phenoxy) is 1. The Kier molecular flexibility index (Phi) is 5.30. The standard InChI is InChI=1S/C21H30N2O3/c1-15(24)22-10-7-20(25)21-18(16-5-3-2-4-6-16)13-23(19(21)14-22)17-8-11-26-12-9-17/h2-6,17-21,25H,7-14H2,1H3/t18-,19+,20+,21-/m0/s1. The van der Waals surface area contributed by atoms with E-state index in [2.05, 4.69) is 29.2 Å². The Balaban J connectivity index is 1.67. The lowest BCUT2D eigenvalue weighted by Crippen LogP contribution is -2.49. The zero-order valence-corrected chi connectivity index (χ0v) is 15.6. The van der Waals surface area contributed by atoms with E-state index in [9.17, 15) is 9.90 Å². The summed E-state index contributed by atoms with van der Waals surface area (Å²) in [5, 5.41) is 11.0. The van der Waals surface area contributed by atoms with Crippen LogP contribution in [-0.4, -0.2) is 71.8 Å². The van der Waals surface area contributed by atoms with Crippen LogP contribution < -0.4 is 0 Å². The maximum atomic E-state index is 12.1. The SMILES string of the molecule is CC(=O)N1CC[C@@H](O)[C@@H]2[C@@H](C1)N(C1CCOCC1)C[C@H]2c1ccccc1. The number of hydrogen-bond acceptors (Lipinski definition) is 4. The van der Waals surface area contributed by atoms with Crippen molar-refractivity contribution in [2.45, 2.75) is 50.3 Å². The molecule has 5 nitrogen and oxygen atoms in total. The van der Waals surface area contributed by atoms with Crippen molar-refractivity contribution < 1.29 is 14.6 Å². The lowest BCUT2D eigenvalue weighted by molar-refractivity contribution is -0.129. The highest BCUT2D eigenvalue weighted by Gasteiger charge is 2.49. The first-order chi connectivity index (χ1) is 12.6. The van der Waals surface area contributed by atoms with Gasteiger partial charge in [0.05, 0.1) is 6.10 Å². The number of aliphatic hydroxyl groups excluding tert-OH is 1. The molecule has 26 heavy (non-hydrogen) atoms. The van der Waals surface area contributed by atoms with Crippen molar-refractivity contribution in [1.82, 2.24) is 9.80 Å². The molecule has 0 bridgehead atoms. The number of rotatable bonds is 2. The van der Waals surface area contributed by atoms with E-state index in [1.165, 1.54) is 5.56 Å². The van der Waals surface area contributed by atoms with E-state index < -0.39 is 0 Å². The predicted octanol–water partition coefficient (Wildman–Crippen LogP) is 1.86. The molecule has 4 atom stereocenters. The summed E-state index contributed by atoms with van der Waals surface area (Å²) in [6.07, 6.45) is 2.40. The zero-order valence-electron chi connectivity index (χ0n) is 15.6. The highest BCUT2D eigenvalue weighted by atomic mass is 16.5. The molecule has 0 radical (unpaired) electrons. The first-order valence-corrected chi connectivity index (χ1v) is 9.97. The maximum Gasteiger partial charge on any atom is 0.219 e. The molecule has 1 aromatic rings. The van der Waals surface area contributed by atoms with Crippen LogP contribution in [-0.2, 0) is 9.53 Å². The molecule has 1 aromatic carbocycles. The molecule has 3 aliphatic heterocycles. The number of nitrogens with zero attached hydrogens (tertiary/aromatic N) is 2. The van der Waals surface area contributed by atoms with Crippen LogP contribution in [0.25, 0.3) is 0 Å². The van der Waals surface area contributed by atoms with E-state index in [0.717, 1.165) is 39.1 Å². The maximum absolute atomic E-state index is 12.1. The Hall–Kier alpha value is -1.43. The van der Waals surface area contributed by atoms with Crippen molar-refractivity contribution in [3.63, 3.8) is 0 Å². The first-order valence-electron chi connectivity index (χ1n) is 9.97. The molecule has 1 N–H and O–H groups in total. The molecule has 0 spiro atoms. The van der Waals surface area contributed by atoms with E-state index in [-0.39, 0.29) is 24.0 Å². The predicted molar refractivity (Wildman–Crippen MR) is 99.9 cm³/mol. The number of hydrogen-bond donors (Lipinski definition) is 1. The van der Waals surface area contributed by atoms with Gasteiger partial charge in [-0.3, -0.25) is 9.69 Å². The summed E-state index contributed by atoms with van der Waals surface area (Å²) in [6.45, 7) is 5.63. The number of amides is 1. The molecule has 0 aliphatic carbocycles. The number of carbonyl (C=O) groups excluding carboxylic acids is 1. The molecule has 0 saturated carbocycles. The van der Waals surface area contributed by atoms with Crippen molar-refractivity contribution in [2.75, 3.05) is 32.8 Å². The minimum atomic E-state index is -0.362. The van der Waals surface area contributed by atoms with Gasteiger partial charge in [0, 0.05) is 63.7 Å². The summed E-state index contributed by atoms with van der Waals surface area (Å²) in [4.78, 5) is 16.6. The second-order valence-corrected chi connectivity index (χ2v) is 8.02. The van der Waals surface area contributed by atoms with E-state index in [1.54, 1.807) is 6.92 Å². The molecule has 1 amide bonds. The van der Waals surface area contributed by atoms with Gasteiger partial charge in [0.1, 0.15) is 0 Å². The third-order valence-electron chi connectivity index (χ3n) is 6.62. The highest BCUT2D eigenvalue weighted by molar-refractivity contribution is 5.73. The first kappa shape index (κ1) is 18.0. The average molecular weight is 358 g/mol. The highest BCUT2D eigenvalue weighted by Crippen LogP contribution is 2.43. The Morgan fingerprint density at radius 2 is 1.85 bits per heavy atom. The van der Waals surface area contributed by atoms with Gasteiger partial charge in [0.25, 0.3) is 0 Å². The normalized spacial score (nSPS) is 33.7. The fraction of sp³-hybridized carbons (Fsp3) is 0.667. The third kappa shape index (κ3) is 3.40. The summed E-state index contributed by atoms with van der Waals surface area (Å²) >= 11 is 0. The molecule has 3 aliphatic rings. The second-order valence-electron chi connectivity index (χ2n) is 8.02. The molecular weight excluding hydrogens is 328 g/mol. The van der Waals surface area contributed by atoms with Gasteiger partial charge >= 0.3 is 0 Å². The quantitative estimate of drug-likeness (QED) is 0.877. The third-order valence-corrected chi connectivity index (χ3v) is 6.62. The molecule has 3 fully saturated rings. The van der Waals surface area contributed by atoms with Crippen molar-refractivity contribution in [2.24, 2.45) is 5.92 Å². The minimum absolute atomic E-state index is 0.118. The van der Waals surface area contributed by atoms with E-state index in [0.29, 0.717) is 24.9 Å². The van der Waals surface area contributed by atoms with Crippen molar-refractivity contribution in [3.8, 4) is 0 Å². The van der Waals surface area contributed by atoms with Gasteiger partial charge in [-0.2, -0.15) is 0 Å². The van der Waals surface area contributed by atoms with Crippen LogP contribution in [0.1, 0.15) is 37.7 Å². The fourth-order valence-corrected chi connectivity index (χ4v) is 5.27. The number of fused-ring (bicyclic) bond motifs is 1. The van der Waals surface area contributed by atoms with Gasteiger partial charge in [0.15, 0.2) is 0 Å². The lowest BCUT2D eigenvalue weighted by atomic mass is 9.81. The number of aliphatic hydroxyl groups is 1. The number of carbonyl (C=O) groups is 1. The summed E-state index contributed by atoms with van der Waals surface area (Å²) in [5.74, 6) is 0.628. The van der Waals surface area contributed by atoms with Crippen LogP contribution in [0.2, 0.25) is 0 Å². The zero-order chi connectivity index (χ0) is 18.1. The van der Waals surface area contributed by atoms with Crippen LogP contribution in [0.3, 0.4) is 0 Å². The monoisotopic (exact) mass is 358 g/mol. The lowest BCUT2D eigenvalue weighted by Gasteiger charge is -2.38. The summed E-state index contributed by atoms with van der Waals surface area (Å²) < 4.78 is 5.57. The van der Waals surface area contributed by atoms with Crippen LogP contribution in [0.15, 0.2) is 30.3 Å². The van der Waals surface area contributed by atoms with E-state index in [1.807, 2.05) is 11.0 Å². The smallest absolute Gasteiger partial charge is 0.219 e. The van der Waals surface area contributed by atoms with Crippen molar-refractivity contribution in [1.29, 1.82) is 0 Å². The Morgan fingerprint density at radius 1 is 1.12 bits per heavy atom. The van der Waals surface area contributed by atoms with Gasteiger partial charge in [-0.1, -0.05) is 30.3 Å². The Bertz CT molecular complexity index is 617. The van der Waals surface area contributed by atoms with Crippen LogP contribution in [0, 0.1) is 5.92 Å². The van der Waals surface area contributed by atoms with Crippen LogP contribution in [0.4, 0.5) is 0 Å². The molecule has 4 rings (SSSR count). The average Bonchev–Trinajstić information content (AvgIpc) is 2.96. The molecule has 3 heterocycles. The van der Waals surface area contributed by atoms with Crippen molar-refractivity contribution >= 4 is 5.91 Å². The van der Waals surface area contributed by atoms with Gasteiger partial charge in [0.2, 0.25) is 5.91 Å².